The number of benzene rings is 2. The molecule has 0 aliphatic rings. The lowest BCUT2D eigenvalue weighted by Crippen LogP contribution is -2.16. The number of hydrogen-bond donors (Lipinski definition) is 1. The summed E-state index contributed by atoms with van der Waals surface area (Å²) < 4.78 is 30.3. The Labute approximate surface area is 240 Å². The summed E-state index contributed by atoms with van der Waals surface area (Å²) in [5.74, 6) is 0.592. The van der Waals surface area contributed by atoms with E-state index < -0.39 is 11.2 Å². The molecule has 1 N–H and O–H groups in total. The molecule has 0 heterocycles. The van der Waals surface area contributed by atoms with E-state index in [4.69, 9.17) is 14.2 Å². The molecule has 0 bridgehead atoms. The number of ketones is 2. The van der Waals surface area contributed by atoms with Gasteiger partial charge in [-0.3, -0.25) is 14.4 Å². The molecule has 40 heavy (non-hydrogen) atoms. The minimum absolute atomic E-state index is 0.0417. The molecule has 2 rings (SSSR count). The molecule has 2 aromatic carbocycles. The number of Topliss-reactive ketones (excluding diaryl/α,β-unsaturated/α-hetero) is 2. The van der Waals surface area contributed by atoms with Gasteiger partial charge in [0.15, 0.2) is 16.5 Å². The van der Waals surface area contributed by atoms with Gasteiger partial charge in [0.1, 0.15) is 23.0 Å². The number of rotatable bonds is 18. The zero-order valence-corrected chi connectivity index (χ0v) is 25.1. The lowest BCUT2D eigenvalue weighted by atomic mass is 10.0. The lowest BCUT2D eigenvalue weighted by Gasteiger charge is -2.20. The summed E-state index contributed by atoms with van der Waals surface area (Å²) in [7, 11) is 0. The van der Waals surface area contributed by atoms with E-state index in [1.54, 1.807) is 31.2 Å². The van der Waals surface area contributed by atoms with E-state index in [2.05, 4.69) is 0 Å². The molecule has 1 unspecified atom stereocenters. The van der Waals surface area contributed by atoms with Crippen LogP contribution in [-0.2, 0) is 33.5 Å². The van der Waals surface area contributed by atoms with Crippen LogP contribution in [0.5, 0.6) is 17.2 Å². The van der Waals surface area contributed by atoms with Gasteiger partial charge < -0.3 is 23.9 Å². The van der Waals surface area contributed by atoms with Gasteiger partial charge >= 0.3 is 5.97 Å². The SMILES string of the molecule is CCCc1c(OCCC[S+]([O-])c2ccc(C(C)=O)c(OCCCC(=O)OCC)c2CCC)ccc(C(C)=O)c1O. The number of phenolic OH excluding ortho intramolecular Hbond substituents is 1. The smallest absolute Gasteiger partial charge is 0.305 e. The Bertz CT molecular complexity index is 1160. The minimum Gasteiger partial charge on any atom is -0.611 e. The van der Waals surface area contributed by atoms with Gasteiger partial charge in [0.25, 0.3) is 0 Å². The van der Waals surface area contributed by atoms with Crippen LogP contribution in [0.1, 0.15) is 98.6 Å². The molecule has 0 aromatic heterocycles. The number of phenols is 1. The lowest BCUT2D eigenvalue weighted by molar-refractivity contribution is -0.143. The van der Waals surface area contributed by atoms with Crippen LogP contribution >= 0.6 is 0 Å². The first-order valence-corrected chi connectivity index (χ1v) is 15.3. The fourth-order valence-electron chi connectivity index (χ4n) is 4.39. The third-order valence-corrected chi connectivity index (χ3v) is 7.80. The highest BCUT2D eigenvalue weighted by molar-refractivity contribution is 7.91. The van der Waals surface area contributed by atoms with Gasteiger partial charge in [-0.25, -0.2) is 0 Å². The van der Waals surface area contributed by atoms with Crippen LogP contribution in [0.3, 0.4) is 0 Å². The van der Waals surface area contributed by atoms with Crippen LogP contribution in [0.2, 0.25) is 0 Å². The second kappa shape index (κ2) is 16.9. The van der Waals surface area contributed by atoms with E-state index in [9.17, 15) is 24.0 Å². The van der Waals surface area contributed by atoms with Crippen LogP contribution < -0.4 is 9.47 Å². The van der Waals surface area contributed by atoms with Gasteiger partial charge in [-0.1, -0.05) is 26.7 Å². The minimum atomic E-state index is -1.37. The van der Waals surface area contributed by atoms with Crippen molar-refractivity contribution in [3.05, 3.63) is 46.5 Å². The van der Waals surface area contributed by atoms with Gasteiger partial charge in [0, 0.05) is 24.0 Å². The Morgan fingerprint density at radius 2 is 1.48 bits per heavy atom. The topological polar surface area (TPSA) is 122 Å². The van der Waals surface area contributed by atoms with Gasteiger partial charge in [0.2, 0.25) is 0 Å². The van der Waals surface area contributed by atoms with Crippen molar-refractivity contribution in [2.24, 2.45) is 0 Å². The van der Waals surface area contributed by atoms with Gasteiger partial charge in [0.05, 0.1) is 30.9 Å². The molecule has 0 amide bonds. The highest BCUT2D eigenvalue weighted by atomic mass is 32.2. The average Bonchev–Trinajstić information content (AvgIpc) is 2.91. The molecule has 1 atom stereocenters. The van der Waals surface area contributed by atoms with Crippen LogP contribution in [-0.4, -0.2) is 52.8 Å². The number of hydrogen-bond acceptors (Lipinski definition) is 8. The fourth-order valence-corrected chi connectivity index (χ4v) is 5.68. The summed E-state index contributed by atoms with van der Waals surface area (Å²) >= 11 is -1.37. The molecular formula is C31H42O8S. The van der Waals surface area contributed by atoms with Crippen molar-refractivity contribution in [3.8, 4) is 17.2 Å². The Morgan fingerprint density at radius 3 is 2.10 bits per heavy atom. The van der Waals surface area contributed by atoms with Crippen molar-refractivity contribution < 1.29 is 38.3 Å². The van der Waals surface area contributed by atoms with Crippen LogP contribution in [0, 0.1) is 0 Å². The maximum atomic E-state index is 13.4. The quantitative estimate of drug-likeness (QED) is 0.0995. The van der Waals surface area contributed by atoms with Crippen molar-refractivity contribution in [2.45, 2.75) is 84.5 Å². The van der Waals surface area contributed by atoms with E-state index in [-0.39, 0.29) is 48.5 Å². The molecule has 0 aliphatic carbocycles. The molecule has 9 heteroatoms. The first-order valence-electron chi connectivity index (χ1n) is 14.0. The molecular weight excluding hydrogens is 532 g/mol. The number of ether oxygens (including phenoxy) is 3. The standard InChI is InChI=1S/C31H42O8S/c1-6-11-25-27(16-14-23(21(4)32)30(25)35)38-19-10-20-40(36)28-17-15-24(22(5)33)31(26(28)12-7-2)39-18-9-13-29(34)37-8-3/h14-17,35H,6-13,18-20H2,1-5H3. The van der Waals surface area contributed by atoms with Gasteiger partial charge in [-0.15, -0.1) is 0 Å². The maximum Gasteiger partial charge on any atom is 0.305 e. The third-order valence-electron chi connectivity index (χ3n) is 6.27. The van der Waals surface area contributed by atoms with Crippen molar-refractivity contribution >= 4 is 28.7 Å². The summed E-state index contributed by atoms with van der Waals surface area (Å²) in [6, 6.07) is 6.65. The van der Waals surface area contributed by atoms with Crippen molar-refractivity contribution in [1.82, 2.24) is 0 Å². The molecule has 0 saturated carbocycles. The number of carbonyl (C=O) groups excluding carboxylic acids is 3. The normalized spacial score (nSPS) is 11.7. The number of esters is 1. The Kier molecular flexibility index (Phi) is 14.0. The predicted octanol–water partition coefficient (Wildman–Crippen LogP) is 6.00. The first-order chi connectivity index (χ1) is 19.2. The maximum absolute atomic E-state index is 13.4. The van der Waals surface area contributed by atoms with Crippen molar-refractivity contribution in [1.29, 1.82) is 0 Å². The van der Waals surface area contributed by atoms with Crippen molar-refractivity contribution in [3.63, 3.8) is 0 Å². The van der Waals surface area contributed by atoms with Crippen LogP contribution in [0.25, 0.3) is 0 Å². The monoisotopic (exact) mass is 574 g/mol. The van der Waals surface area contributed by atoms with Gasteiger partial charge in [-0.05, 0) is 75.5 Å². The largest absolute Gasteiger partial charge is 0.611 e. The van der Waals surface area contributed by atoms with Gasteiger partial charge in [-0.2, -0.15) is 0 Å². The van der Waals surface area contributed by atoms with E-state index in [1.165, 1.54) is 13.8 Å². The summed E-state index contributed by atoms with van der Waals surface area (Å²) in [5, 5.41) is 10.6. The zero-order chi connectivity index (χ0) is 29.7. The second-order valence-electron chi connectivity index (χ2n) is 9.48. The van der Waals surface area contributed by atoms with E-state index in [0.29, 0.717) is 65.6 Å². The molecule has 220 valence electrons. The average molecular weight is 575 g/mol. The van der Waals surface area contributed by atoms with E-state index in [0.717, 1.165) is 18.4 Å². The number of carbonyl (C=O) groups is 3. The summed E-state index contributed by atoms with van der Waals surface area (Å²) in [6.07, 6.45) is 3.85. The molecule has 2 aromatic rings. The molecule has 0 spiro atoms. The van der Waals surface area contributed by atoms with Crippen LogP contribution in [0.15, 0.2) is 29.2 Å². The number of aromatic hydroxyl groups is 1. The molecule has 0 radical (unpaired) electrons. The molecule has 0 fully saturated rings. The summed E-state index contributed by atoms with van der Waals surface area (Å²) in [5.41, 5.74) is 2.06. The predicted molar refractivity (Wildman–Crippen MR) is 155 cm³/mol. The molecule has 0 aliphatic heterocycles. The van der Waals surface area contributed by atoms with E-state index >= 15 is 0 Å². The first kappa shape index (κ1) is 33.2. The Balaban J connectivity index is 2.14. The highest BCUT2D eigenvalue weighted by Gasteiger charge is 2.24. The fraction of sp³-hybridized carbons (Fsp3) is 0.516. The summed E-state index contributed by atoms with van der Waals surface area (Å²) in [4.78, 5) is 36.4. The van der Waals surface area contributed by atoms with E-state index in [1.807, 2.05) is 13.8 Å². The zero-order valence-electron chi connectivity index (χ0n) is 24.3. The third kappa shape index (κ3) is 9.27. The van der Waals surface area contributed by atoms with Crippen molar-refractivity contribution in [2.75, 3.05) is 25.6 Å². The molecule has 8 nitrogen and oxygen atoms in total. The Morgan fingerprint density at radius 1 is 0.850 bits per heavy atom. The molecule has 0 saturated heterocycles. The summed E-state index contributed by atoms with van der Waals surface area (Å²) in [6.45, 7) is 9.46. The van der Waals surface area contributed by atoms with Crippen LogP contribution in [0.4, 0.5) is 0 Å². The highest BCUT2D eigenvalue weighted by Crippen LogP contribution is 2.34. The second-order valence-corrected chi connectivity index (χ2v) is 11.0. The Hall–Kier alpha value is -3.04.